The Balaban J connectivity index is 1.91. The lowest BCUT2D eigenvalue weighted by atomic mass is 9.88. The third-order valence-electron chi connectivity index (χ3n) is 3.77. The van der Waals surface area contributed by atoms with Gasteiger partial charge in [0.15, 0.2) is 0 Å². The highest BCUT2D eigenvalue weighted by atomic mass is 16.2. The number of likely N-dealkylation sites (tertiary alicyclic amines) is 1. The molecule has 0 saturated carbocycles. The maximum absolute atomic E-state index is 12.4. The molecule has 5 nitrogen and oxygen atoms in total. The molecule has 0 aromatic rings. The Morgan fingerprint density at radius 1 is 1.47 bits per heavy atom. The Hall–Kier alpha value is -1.10. The maximum atomic E-state index is 12.4. The summed E-state index contributed by atoms with van der Waals surface area (Å²) in [4.78, 5) is 25.2. The van der Waals surface area contributed by atoms with Crippen molar-refractivity contribution < 1.29 is 9.59 Å². The van der Waals surface area contributed by atoms with Gasteiger partial charge >= 0.3 is 0 Å². The molecule has 2 atom stereocenters. The molecular weight excluding hydrogens is 218 g/mol. The first-order chi connectivity index (χ1) is 8.01. The minimum absolute atomic E-state index is 0.0157. The van der Waals surface area contributed by atoms with Crippen LogP contribution in [0.3, 0.4) is 0 Å². The fourth-order valence-electron chi connectivity index (χ4n) is 2.73. The fourth-order valence-corrected chi connectivity index (χ4v) is 2.73. The number of rotatable bonds is 2. The largest absolute Gasteiger partial charge is 0.352 e. The van der Waals surface area contributed by atoms with Crippen LogP contribution in [-0.2, 0) is 9.59 Å². The van der Waals surface area contributed by atoms with Crippen molar-refractivity contribution in [3.63, 3.8) is 0 Å². The predicted molar refractivity (Wildman–Crippen MR) is 64.4 cm³/mol. The number of carbonyl (C=O) groups excluding carboxylic acids is 2. The molecule has 5 heteroatoms. The molecule has 0 radical (unpaired) electrons. The first-order valence-corrected chi connectivity index (χ1v) is 6.28. The van der Waals surface area contributed by atoms with Crippen LogP contribution in [0.2, 0.25) is 0 Å². The summed E-state index contributed by atoms with van der Waals surface area (Å²) in [5, 5.41) is 6.12. The second-order valence-electron chi connectivity index (χ2n) is 5.42. The molecule has 2 saturated heterocycles. The van der Waals surface area contributed by atoms with Gasteiger partial charge in [-0.2, -0.15) is 0 Å². The van der Waals surface area contributed by atoms with Crippen LogP contribution in [0.25, 0.3) is 0 Å². The van der Waals surface area contributed by atoms with Crippen LogP contribution in [0.5, 0.6) is 0 Å². The molecule has 0 aromatic carbocycles. The third kappa shape index (κ3) is 2.60. The highest BCUT2D eigenvalue weighted by Crippen LogP contribution is 2.28. The zero-order valence-electron chi connectivity index (χ0n) is 10.6. The quantitative estimate of drug-likeness (QED) is 0.697. The first-order valence-electron chi connectivity index (χ1n) is 6.28. The van der Waals surface area contributed by atoms with Crippen molar-refractivity contribution in [1.29, 1.82) is 0 Å². The predicted octanol–water partition coefficient (Wildman–Crippen LogP) is -0.277. The van der Waals surface area contributed by atoms with Gasteiger partial charge in [0.25, 0.3) is 0 Å². The van der Waals surface area contributed by atoms with Crippen molar-refractivity contribution in [2.75, 3.05) is 26.2 Å². The van der Waals surface area contributed by atoms with Crippen LogP contribution in [-0.4, -0.2) is 48.9 Å². The zero-order chi connectivity index (χ0) is 12.5. The molecule has 2 N–H and O–H groups in total. The van der Waals surface area contributed by atoms with Gasteiger partial charge < -0.3 is 15.5 Å². The van der Waals surface area contributed by atoms with Gasteiger partial charge in [-0.25, -0.2) is 0 Å². The van der Waals surface area contributed by atoms with E-state index < -0.39 is 0 Å². The van der Waals surface area contributed by atoms with Gasteiger partial charge in [-0.05, 0) is 26.3 Å². The van der Waals surface area contributed by atoms with Crippen molar-refractivity contribution in [3.05, 3.63) is 0 Å². The first kappa shape index (κ1) is 12.4. The molecule has 17 heavy (non-hydrogen) atoms. The van der Waals surface area contributed by atoms with E-state index in [9.17, 15) is 9.59 Å². The van der Waals surface area contributed by atoms with Crippen LogP contribution >= 0.6 is 0 Å². The van der Waals surface area contributed by atoms with Crippen LogP contribution < -0.4 is 10.6 Å². The summed E-state index contributed by atoms with van der Waals surface area (Å²) in [5.74, 6) is 0.216. The van der Waals surface area contributed by atoms with E-state index in [0.717, 1.165) is 32.5 Å². The number of nitrogens with zero attached hydrogens (tertiary/aromatic N) is 1. The summed E-state index contributed by atoms with van der Waals surface area (Å²) in [6, 6.07) is 0.134. The Kier molecular flexibility index (Phi) is 3.38. The molecule has 2 rings (SSSR count). The maximum Gasteiger partial charge on any atom is 0.229 e. The summed E-state index contributed by atoms with van der Waals surface area (Å²) >= 11 is 0. The zero-order valence-corrected chi connectivity index (χ0v) is 10.6. The summed E-state index contributed by atoms with van der Waals surface area (Å²) < 4.78 is 0. The van der Waals surface area contributed by atoms with Gasteiger partial charge in [-0.15, -0.1) is 0 Å². The van der Waals surface area contributed by atoms with Gasteiger partial charge in [-0.3, -0.25) is 9.59 Å². The standard InChI is InChI=1S/C12H21N3O2/c1-9(16)14-10-3-6-15(7-10)11(17)12(2)4-5-13-8-12/h10,13H,3-8H2,1-2H3,(H,14,16). The van der Waals surface area contributed by atoms with Crippen molar-refractivity contribution in [2.45, 2.75) is 32.7 Å². The minimum atomic E-state index is -0.245. The van der Waals surface area contributed by atoms with Gasteiger partial charge in [0, 0.05) is 32.6 Å². The molecule has 2 aliphatic rings. The highest BCUT2D eigenvalue weighted by molar-refractivity contribution is 5.83. The van der Waals surface area contributed by atoms with E-state index in [1.165, 1.54) is 6.92 Å². The second-order valence-corrected chi connectivity index (χ2v) is 5.42. The van der Waals surface area contributed by atoms with E-state index in [0.29, 0.717) is 6.54 Å². The monoisotopic (exact) mass is 239 g/mol. The second kappa shape index (κ2) is 4.64. The molecule has 96 valence electrons. The Morgan fingerprint density at radius 3 is 2.82 bits per heavy atom. The van der Waals surface area contributed by atoms with E-state index in [4.69, 9.17) is 0 Å². The van der Waals surface area contributed by atoms with Crippen LogP contribution in [0.15, 0.2) is 0 Å². The molecular formula is C12H21N3O2. The van der Waals surface area contributed by atoms with Gasteiger partial charge in [0.2, 0.25) is 11.8 Å². The Morgan fingerprint density at radius 2 is 2.24 bits per heavy atom. The molecule has 0 bridgehead atoms. The topological polar surface area (TPSA) is 61.4 Å². The molecule has 0 spiro atoms. The molecule has 0 aliphatic carbocycles. The average molecular weight is 239 g/mol. The summed E-state index contributed by atoms with van der Waals surface area (Å²) in [6.45, 7) is 6.67. The van der Waals surface area contributed by atoms with E-state index in [1.54, 1.807) is 0 Å². The van der Waals surface area contributed by atoms with Crippen molar-refractivity contribution in [3.8, 4) is 0 Å². The number of hydrogen-bond acceptors (Lipinski definition) is 3. The number of nitrogens with one attached hydrogen (secondary N) is 2. The summed E-state index contributed by atoms with van der Waals surface area (Å²) in [5.41, 5.74) is -0.245. The van der Waals surface area contributed by atoms with Crippen LogP contribution in [0.4, 0.5) is 0 Å². The highest BCUT2D eigenvalue weighted by Gasteiger charge is 2.41. The Bertz CT molecular complexity index is 324. The van der Waals surface area contributed by atoms with Crippen LogP contribution in [0.1, 0.15) is 26.7 Å². The van der Waals surface area contributed by atoms with Crippen LogP contribution in [0, 0.1) is 5.41 Å². The van der Waals surface area contributed by atoms with E-state index in [1.807, 2.05) is 11.8 Å². The molecule has 0 aromatic heterocycles. The lowest BCUT2D eigenvalue weighted by Gasteiger charge is -2.28. The lowest BCUT2D eigenvalue weighted by molar-refractivity contribution is -0.139. The van der Waals surface area contributed by atoms with E-state index in [2.05, 4.69) is 10.6 Å². The smallest absolute Gasteiger partial charge is 0.229 e. The van der Waals surface area contributed by atoms with E-state index >= 15 is 0 Å². The summed E-state index contributed by atoms with van der Waals surface area (Å²) in [7, 11) is 0. The average Bonchev–Trinajstić information content (AvgIpc) is 2.86. The van der Waals surface area contributed by atoms with Crippen molar-refractivity contribution >= 4 is 11.8 Å². The van der Waals surface area contributed by atoms with Crippen molar-refractivity contribution in [1.82, 2.24) is 15.5 Å². The lowest BCUT2D eigenvalue weighted by Crippen LogP contribution is -2.44. The normalized spacial score (nSPS) is 32.8. The van der Waals surface area contributed by atoms with Gasteiger partial charge in [-0.1, -0.05) is 0 Å². The van der Waals surface area contributed by atoms with Gasteiger partial charge in [0.1, 0.15) is 0 Å². The molecule has 2 amide bonds. The minimum Gasteiger partial charge on any atom is -0.352 e. The molecule has 2 heterocycles. The number of carbonyl (C=O) groups is 2. The number of amides is 2. The molecule has 2 unspecified atom stereocenters. The number of hydrogen-bond donors (Lipinski definition) is 2. The van der Waals surface area contributed by atoms with Crippen molar-refractivity contribution in [2.24, 2.45) is 5.41 Å². The third-order valence-corrected chi connectivity index (χ3v) is 3.77. The molecule has 2 aliphatic heterocycles. The fraction of sp³-hybridized carbons (Fsp3) is 0.833. The van der Waals surface area contributed by atoms with E-state index in [-0.39, 0.29) is 23.3 Å². The van der Waals surface area contributed by atoms with Gasteiger partial charge in [0.05, 0.1) is 5.41 Å². The molecule has 2 fully saturated rings. The SMILES string of the molecule is CC(=O)NC1CCN(C(=O)C2(C)CCNC2)C1. The Labute approximate surface area is 102 Å². The summed E-state index contributed by atoms with van der Waals surface area (Å²) in [6.07, 6.45) is 1.78.